The van der Waals surface area contributed by atoms with E-state index >= 15 is 0 Å². The van der Waals surface area contributed by atoms with Crippen molar-refractivity contribution in [1.82, 2.24) is 15.5 Å². The van der Waals surface area contributed by atoms with E-state index in [1.54, 1.807) is 6.92 Å². The van der Waals surface area contributed by atoms with Crippen molar-refractivity contribution in [3.8, 4) is 11.5 Å². The van der Waals surface area contributed by atoms with Crippen LogP contribution in [0.4, 0.5) is 0 Å². The second-order valence-electron chi connectivity index (χ2n) is 7.34. The second kappa shape index (κ2) is 9.48. The molecule has 0 spiro atoms. The zero-order valence-electron chi connectivity index (χ0n) is 16.4. The molecule has 28 heavy (non-hydrogen) atoms. The number of ether oxygens (including phenoxy) is 1. The molecule has 1 amide bonds. The molecule has 150 valence electrons. The van der Waals surface area contributed by atoms with Gasteiger partial charge in [0.25, 0.3) is 5.91 Å². The predicted molar refractivity (Wildman–Crippen MR) is 103 cm³/mol. The van der Waals surface area contributed by atoms with E-state index < -0.39 is 12.1 Å². The Kier molecular flexibility index (Phi) is 6.79. The Bertz CT molecular complexity index is 794. The van der Waals surface area contributed by atoms with Crippen molar-refractivity contribution in [2.45, 2.75) is 70.9 Å². The Morgan fingerprint density at radius 2 is 1.89 bits per heavy atom. The SMILES string of the molecule is Cc1ccc(-c2nnc(CCC(=O)O[C@H](C)C(=O)NC3CCCCC3)o2)cc1. The van der Waals surface area contributed by atoms with E-state index in [1.807, 2.05) is 31.2 Å². The molecular weight excluding hydrogens is 358 g/mol. The molecule has 1 atom stereocenters. The van der Waals surface area contributed by atoms with Crippen molar-refractivity contribution in [2.24, 2.45) is 0 Å². The molecule has 1 aliphatic rings. The van der Waals surface area contributed by atoms with Gasteiger partial charge in [0.1, 0.15) is 0 Å². The van der Waals surface area contributed by atoms with Crippen LogP contribution in [-0.2, 0) is 20.7 Å². The molecule has 1 aromatic heterocycles. The normalized spacial score (nSPS) is 15.8. The van der Waals surface area contributed by atoms with Crippen LogP contribution < -0.4 is 5.32 Å². The molecule has 0 saturated heterocycles. The summed E-state index contributed by atoms with van der Waals surface area (Å²) in [4.78, 5) is 24.2. The summed E-state index contributed by atoms with van der Waals surface area (Å²) in [6.45, 7) is 3.60. The first-order valence-corrected chi connectivity index (χ1v) is 9.90. The van der Waals surface area contributed by atoms with E-state index in [-0.39, 0.29) is 24.8 Å². The lowest BCUT2D eigenvalue weighted by Gasteiger charge is -2.24. The third kappa shape index (κ3) is 5.65. The minimum atomic E-state index is -0.805. The Morgan fingerprint density at radius 1 is 1.18 bits per heavy atom. The summed E-state index contributed by atoms with van der Waals surface area (Å²) in [5, 5.41) is 11.0. The maximum atomic E-state index is 12.2. The van der Waals surface area contributed by atoms with Crippen LogP contribution in [0.3, 0.4) is 0 Å². The fourth-order valence-electron chi connectivity index (χ4n) is 3.25. The Balaban J connectivity index is 1.43. The highest BCUT2D eigenvalue weighted by atomic mass is 16.5. The summed E-state index contributed by atoms with van der Waals surface area (Å²) in [5.74, 6) is 0.0940. The van der Waals surface area contributed by atoms with E-state index in [4.69, 9.17) is 9.15 Å². The number of aromatic nitrogens is 2. The van der Waals surface area contributed by atoms with Crippen LogP contribution in [0.25, 0.3) is 11.5 Å². The molecule has 7 heteroatoms. The summed E-state index contributed by atoms with van der Waals surface area (Å²) in [6.07, 6.45) is 5.02. The van der Waals surface area contributed by atoms with Crippen LogP contribution in [0.5, 0.6) is 0 Å². The first-order chi connectivity index (χ1) is 13.5. The number of benzene rings is 1. The predicted octanol–water partition coefficient (Wildman–Crippen LogP) is 3.36. The molecule has 1 fully saturated rings. The van der Waals surface area contributed by atoms with Gasteiger partial charge in [-0.05, 0) is 38.8 Å². The molecule has 7 nitrogen and oxygen atoms in total. The van der Waals surface area contributed by atoms with Crippen LogP contribution in [-0.4, -0.2) is 34.2 Å². The number of nitrogens with one attached hydrogen (secondary N) is 1. The fraction of sp³-hybridized carbons (Fsp3) is 0.524. The number of esters is 1. The number of carbonyl (C=O) groups is 2. The van der Waals surface area contributed by atoms with Crippen molar-refractivity contribution in [3.05, 3.63) is 35.7 Å². The van der Waals surface area contributed by atoms with Crippen molar-refractivity contribution in [2.75, 3.05) is 0 Å². The van der Waals surface area contributed by atoms with E-state index in [0.29, 0.717) is 11.8 Å². The van der Waals surface area contributed by atoms with Crippen molar-refractivity contribution in [1.29, 1.82) is 0 Å². The average Bonchev–Trinajstić information content (AvgIpc) is 3.17. The van der Waals surface area contributed by atoms with E-state index in [2.05, 4.69) is 15.5 Å². The lowest BCUT2D eigenvalue weighted by Crippen LogP contribution is -2.42. The molecule has 2 aromatic rings. The Morgan fingerprint density at radius 3 is 2.61 bits per heavy atom. The number of amides is 1. The van der Waals surface area contributed by atoms with Crippen LogP contribution >= 0.6 is 0 Å². The number of nitrogens with zero attached hydrogens (tertiary/aromatic N) is 2. The summed E-state index contributed by atoms with van der Waals surface area (Å²) in [6, 6.07) is 7.95. The zero-order valence-corrected chi connectivity index (χ0v) is 16.4. The lowest BCUT2D eigenvalue weighted by atomic mass is 9.95. The van der Waals surface area contributed by atoms with Gasteiger partial charge in [0.15, 0.2) is 6.10 Å². The maximum Gasteiger partial charge on any atom is 0.307 e. The van der Waals surface area contributed by atoms with Gasteiger partial charge in [0.2, 0.25) is 11.8 Å². The molecule has 0 radical (unpaired) electrons. The summed E-state index contributed by atoms with van der Waals surface area (Å²) >= 11 is 0. The van der Waals surface area contributed by atoms with Crippen LogP contribution in [0, 0.1) is 6.92 Å². The highest BCUT2D eigenvalue weighted by molar-refractivity contribution is 5.83. The number of aryl methyl sites for hydroxylation is 2. The van der Waals surface area contributed by atoms with Crippen LogP contribution in [0.15, 0.2) is 28.7 Å². The zero-order chi connectivity index (χ0) is 19.9. The Labute approximate surface area is 164 Å². The van der Waals surface area contributed by atoms with Gasteiger partial charge in [-0.15, -0.1) is 10.2 Å². The molecule has 0 bridgehead atoms. The molecule has 1 aliphatic carbocycles. The van der Waals surface area contributed by atoms with Gasteiger partial charge < -0.3 is 14.5 Å². The van der Waals surface area contributed by atoms with Crippen LogP contribution in [0.1, 0.15) is 56.9 Å². The number of hydrogen-bond donors (Lipinski definition) is 1. The molecule has 3 rings (SSSR count). The van der Waals surface area contributed by atoms with E-state index in [0.717, 1.165) is 36.8 Å². The monoisotopic (exact) mass is 385 g/mol. The first-order valence-electron chi connectivity index (χ1n) is 9.90. The number of carbonyl (C=O) groups excluding carboxylic acids is 2. The summed E-state index contributed by atoms with van der Waals surface area (Å²) in [7, 11) is 0. The van der Waals surface area contributed by atoms with Crippen molar-refractivity contribution in [3.63, 3.8) is 0 Å². The van der Waals surface area contributed by atoms with E-state index in [9.17, 15) is 9.59 Å². The molecule has 1 N–H and O–H groups in total. The quantitative estimate of drug-likeness (QED) is 0.735. The number of hydrogen-bond acceptors (Lipinski definition) is 6. The molecule has 1 saturated carbocycles. The summed E-state index contributed by atoms with van der Waals surface area (Å²) < 4.78 is 10.8. The summed E-state index contributed by atoms with van der Waals surface area (Å²) in [5.41, 5.74) is 1.98. The average molecular weight is 385 g/mol. The highest BCUT2D eigenvalue weighted by Crippen LogP contribution is 2.19. The van der Waals surface area contributed by atoms with Gasteiger partial charge in [-0.1, -0.05) is 37.0 Å². The first kappa shape index (κ1) is 20.0. The standard InChI is InChI=1S/C21H27N3O4/c1-14-8-10-16(11-9-14)21-24-23-18(28-21)12-13-19(25)27-15(2)20(26)22-17-6-4-3-5-7-17/h8-11,15,17H,3-7,12-13H2,1-2H3,(H,22,26)/t15-/m1/s1. The van der Waals surface area contributed by atoms with Crippen LogP contribution in [0.2, 0.25) is 0 Å². The molecular formula is C21H27N3O4. The molecule has 1 aromatic carbocycles. The fourth-order valence-corrected chi connectivity index (χ4v) is 3.25. The second-order valence-corrected chi connectivity index (χ2v) is 7.34. The van der Waals surface area contributed by atoms with Gasteiger partial charge in [-0.25, -0.2) is 0 Å². The molecule has 0 aliphatic heterocycles. The van der Waals surface area contributed by atoms with Gasteiger partial charge in [-0.2, -0.15) is 0 Å². The third-order valence-corrected chi connectivity index (χ3v) is 4.94. The van der Waals surface area contributed by atoms with Gasteiger partial charge in [-0.3, -0.25) is 9.59 Å². The largest absolute Gasteiger partial charge is 0.453 e. The van der Waals surface area contributed by atoms with Crippen molar-refractivity contribution >= 4 is 11.9 Å². The van der Waals surface area contributed by atoms with E-state index in [1.165, 1.54) is 6.42 Å². The highest BCUT2D eigenvalue weighted by Gasteiger charge is 2.22. The molecule has 0 unspecified atom stereocenters. The van der Waals surface area contributed by atoms with Gasteiger partial charge >= 0.3 is 5.97 Å². The van der Waals surface area contributed by atoms with Gasteiger partial charge in [0.05, 0.1) is 6.42 Å². The number of rotatable bonds is 7. The van der Waals surface area contributed by atoms with Crippen molar-refractivity contribution < 1.29 is 18.7 Å². The minimum Gasteiger partial charge on any atom is -0.453 e. The topological polar surface area (TPSA) is 94.3 Å². The maximum absolute atomic E-state index is 12.2. The van der Waals surface area contributed by atoms with Gasteiger partial charge in [0, 0.05) is 18.0 Å². The minimum absolute atomic E-state index is 0.0799. The molecule has 1 heterocycles. The smallest absolute Gasteiger partial charge is 0.307 e. The Hall–Kier alpha value is -2.70. The lowest BCUT2D eigenvalue weighted by molar-refractivity contribution is -0.155. The third-order valence-electron chi connectivity index (χ3n) is 4.94.